The Labute approximate surface area is 319 Å². The SMILES string of the molecule is C[C@@H]1O[C@H](O[C@@H]2[C@H](O[C@@H]3CC[C@]45C[C@]46CC[C@@]4(C)[C@@H]([C@@]7(C)CC[C@@H](C(C)(C)O)O7)[C@H](O)C[C@@]4(C)[C@@H]6C[C@@H](O)[C@@H]5C3(C)C)OC[C@H](O)[C@H]2O)[C@H](O)[C@@H](O)[C@@H]1O. The summed E-state index contributed by atoms with van der Waals surface area (Å²) >= 11 is 0. The fraction of sp³-hybridized carbons (Fsp3) is 1.00. The maximum absolute atomic E-state index is 12.4. The van der Waals surface area contributed by atoms with E-state index in [0.717, 1.165) is 38.5 Å². The van der Waals surface area contributed by atoms with E-state index < -0.39 is 90.2 Å². The molecule has 0 aromatic heterocycles. The van der Waals surface area contributed by atoms with Gasteiger partial charge in [0.1, 0.15) is 36.6 Å². The summed E-state index contributed by atoms with van der Waals surface area (Å²) in [7, 11) is 0. The van der Waals surface area contributed by atoms with Gasteiger partial charge in [0.2, 0.25) is 0 Å². The van der Waals surface area contributed by atoms with Crippen LogP contribution in [-0.4, -0.2) is 138 Å². The van der Waals surface area contributed by atoms with Crippen LogP contribution in [0.5, 0.6) is 0 Å². The number of hydrogen-bond donors (Lipinski definition) is 8. The maximum atomic E-state index is 12.4. The lowest BCUT2D eigenvalue weighted by Gasteiger charge is -2.64. The molecule has 13 heteroatoms. The lowest BCUT2D eigenvalue weighted by Crippen LogP contribution is -2.64. The van der Waals surface area contributed by atoms with Crippen LogP contribution in [0.1, 0.15) is 113 Å². The molecule has 8 rings (SSSR count). The Bertz CT molecular complexity index is 1440. The molecule has 13 nitrogen and oxygen atoms in total. The minimum absolute atomic E-state index is 0.0406. The molecule has 0 bridgehead atoms. The fourth-order valence-corrected chi connectivity index (χ4v) is 14.8. The molecular formula is C41H68O13. The van der Waals surface area contributed by atoms with E-state index in [1.165, 1.54) is 6.92 Å². The third kappa shape index (κ3) is 5.43. The van der Waals surface area contributed by atoms with E-state index in [1.54, 1.807) is 13.8 Å². The first-order valence-electron chi connectivity index (χ1n) is 20.7. The summed E-state index contributed by atoms with van der Waals surface area (Å²) in [6.45, 7) is 16.1. The molecule has 310 valence electrons. The van der Waals surface area contributed by atoms with Gasteiger partial charge in [0.25, 0.3) is 0 Å². The number of fused-ring (bicyclic) bond motifs is 2. The topological polar surface area (TPSA) is 208 Å². The highest BCUT2D eigenvalue weighted by Gasteiger charge is 2.85. The summed E-state index contributed by atoms with van der Waals surface area (Å²) in [5.41, 5.74) is -2.51. The average molecular weight is 769 g/mol. The zero-order valence-corrected chi connectivity index (χ0v) is 33.4. The van der Waals surface area contributed by atoms with Gasteiger partial charge in [-0.05, 0) is 124 Å². The van der Waals surface area contributed by atoms with Crippen LogP contribution in [0.4, 0.5) is 0 Å². The van der Waals surface area contributed by atoms with Crippen molar-refractivity contribution in [1.82, 2.24) is 0 Å². The number of aliphatic hydroxyl groups excluding tert-OH is 7. The van der Waals surface area contributed by atoms with Gasteiger partial charge in [0, 0.05) is 5.92 Å². The minimum Gasteiger partial charge on any atom is -0.393 e. The van der Waals surface area contributed by atoms with Crippen molar-refractivity contribution in [1.29, 1.82) is 0 Å². The van der Waals surface area contributed by atoms with E-state index in [1.807, 2.05) is 0 Å². The normalized spacial score (nSPS) is 59.6. The van der Waals surface area contributed by atoms with Gasteiger partial charge in [0.15, 0.2) is 12.6 Å². The minimum atomic E-state index is -1.61. The second kappa shape index (κ2) is 12.7. The summed E-state index contributed by atoms with van der Waals surface area (Å²) in [6.07, 6.45) is -6.31. The lowest BCUT2D eigenvalue weighted by atomic mass is 9.41. The second-order valence-electron chi connectivity index (χ2n) is 21.0. The quantitative estimate of drug-likeness (QED) is 0.182. The molecule has 0 aromatic rings. The van der Waals surface area contributed by atoms with Crippen molar-refractivity contribution in [3.63, 3.8) is 0 Å². The van der Waals surface area contributed by atoms with E-state index in [4.69, 9.17) is 23.7 Å². The summed E-state index contributed by atoms with van der Waals surface area (Å²) < 4.78 is 31.1. The van der Waals surface area contributed by atoms with Crippen molar-refractivity contribution >= 4 is 0 Å². The molecule has 5 aliphatic carbocycles. The van der Waals surface area contributed by atoms with Crippen LogP contribution >= 0.6 is 0 Å². The number of hydrogen-bond acceptors (Lipinski definition) is 13. The van der Waals surface area contributed by atoms with Gasteiger partial charge >= 0.3 is 0 Å². The van der Waals surface area contributed by atoms with Gasteiger partial charge in [-0.2, -0.15) is 0 Å². The third-order valence-electron chi connectivity index (χ3n) is 17.6. The molecule has 8 aliphatic rings. The molecule has 3 heterocycles. The van der Waals surface area contributed by atoms with E-state index in [2.05, 4.69) is 34.6 Å². The van der Waals surface area contributed by atoms with Crippen molar-refractivity contribution < 1.29 is 64.5 Å². The Balaban J connectivity index is 1.02. The number of rotatable bonds is 6. The van der Waals surface area contributed by atoms with E-state index in [-0.39, 0.29) is 52.1 Å². The maximum Gasteiger partial charge on any atom is 0.187 e. The summed E-state index contributed by atoms with van der Waals surface area (Å²) in [6, 6.07) is 0. The first-order chi connectivity index (χ1) is 25.0. The molecule has 8 fully saturated rings. The van der Waals surface area contributed by atoms with Gasteiger partial charge in [-0.1, -0.05) is 27.7 Å². The van der Waals surface area contributed by atoms with Crippen molar-refractivity contribution in [2.75, 3.05) is 6.61 Å². The first kappa shape index (κ1) is 40.3. The van der Waals surface area contributed by atoms with Crippen LogP contribution in [0.3, 0.4) is 0 Å². The Morgan fingerprint density at radius 3 is 2.06 bits per heavy atom. The molecule has 0 amide bonds. The first-order valence-corrected chi connectivity index (χ1v) is 20.7. The smallest absolute Gasteiger partial charge is 0.187 e. The largest absolute Gasteiger partial charge is 0.393 e. The molecule has 3 saturated heterocycles. The highest BCUT2D eigenvalue weighted by molar-refractivity contribution is 5.33. The molecule has 5 saturated carbocycles. The van der Waals surface area contributed by atoms with E-state index in [9.17, 15) is 40.9 Å². The summed E-state index contributed by atoms with van der Waals surface area (Å²) in [5, 5.41) is 88.1. The van der Waals surface area contributed by atoms with Crippen molar-refractivity contribution in [2.45, 2.75) is 204 Å². The summed E-state index contributed by atoms with van der Waals surface area (Å²) in [4.78, 5) is 0. The van der Waals surface area contributed by atoms with Crippen LogP contribution in [0.25, 0.3) is 0 Å². The van der Waals surface area contributed by atoms with Crippen LogP contribution in [-0.2, 0) is 23.7 Å². The molecule has 0 radical (unpaired) electrons. The lowest BCUT2D eigenvalue weighted by molar-refractivity contribution is -0.364. The molecular weight excluding hydrogens is 700 g/mol. The van der Waals surface area contributed by atoms with Crippen molar-refractivity contribution in [3.8, 4) is 0 Å². The van der Waals surface area contributed by atoms with E-state index >= 15 is 0 Å². The standard InChI is InChI=1S/C41H68O13/c1-19-26(45)28(47)29(48)33(51-19)53-30-27(46)22(44)17-50-34(30)52-24-10-12-41-18-40(41)14-13-37(6)32(39(8)11-9-25(54-39)36(4,5)49)21(43)16-38(37,7)23(40)15-20(42)31(41)35(24,2)3/h19-34,42-49H,9-18H2,1-8H3/t19-,20+,21+,22-,23-,24+,25-,26+,27+,28-,29+,30-,31+,32-,33+,34-,37-,38-,39+,40-,41+/m0/s1. The zero-order chi connectivity index (χ0) is 39.3. The van der Waals surface area contributed by atoms with Gasteiger partial charge < -0.3 is 64.5 Å². The second-order valence-corrected chi connectivity index (χ2v) is 21.0. The molecule has 21 atom stereocenters. The van der Waals surface area contributed by atoms with E-state index in [0.29, 0.717) is 19.3 Å². The van der Waals surface area contributed by atoms with Crippen LogP contribution < -0.4 is 0 Å². The number of aliphatic hydroxyl groups is 8. The van der Waals surface area contributed by atoms with Gasteiger partial charge in [-0.3, -0.25) is 0 Å². The Kier molecular flexibility index (Phi) is 9.50. The highest BCUT2D eigenvalue weighted by Crippen LogP contribution is 2.89. The monoisotopic (exact) mass is 768 g/mol. The Hall–Kier alpha value is -0.520. The van der Waals surface area contributed by atoms with Crippen LogP contribution in [0.2, 0.25) is 0 Å². The Morgan fingerprint density at radius 2 is 1.39 bits per heavy atom. The molecule has 2 spiro atoms. The predicted molar refractivity (Wildman–Crippen MR) is 192 cm³/mol. The molecule has 8 N–H and O–H groups in total. The molecule has 0 unspecified atom stereocenters. The van der Waals surface area contributed by atoms with Crippen LogP contribution in [0.15, 0.2) is 0 Å². The van der Waals surface area contributed by atoms with Crippen molar-refractivity contribution in [3.05, 3.63) is 0 Å². The molecule has 54 heavy (non-hydrogen) atoms. The van der Waals surface area contributed by atoms with Gasteiger partial charge in [0.05, 0.1) is 48.3 Å². The highest BCUT2D eigenvalue weighted by atomic mass is 16.8. The molecule has 3 aliphatic heterocycles. The summed E-state index contributed by atoms with van der Waals surface area (Å²) in [5.74, 6) is 0.0751. The van der Waals surface area contributed by atoms with Crippen molar-refractivity contribution in [2.24, 2.45) is 44.8 Å². The Morgan fingerprint density at radius 1 is 0.685 bits per heavy atom. The van der Waals surface area contributed by atoms with Gasteiger partial charge in [-0.15, -0.1) is 0 Å². The number of ether oxygens (including phenoxy) is 5. The third-order valence-corrected chi connectivity index (χ3v) is 17.6. The average Bonchev–Trinajstić information content (AvgIpc) is 3.43. The molecule has 0 aromatic carbocycles. The fourth-order valence-electron chi connectivity index (χ4n) is 14.8. The predicted octanol–water partition coefficient (Wildman–Crippen LogP) is 1.75. The zero-order valence-electron chi connectivity index (χ0n) is 33.4. The van der Waals surface area contributed by atoms with Gasteiger partial charge in [-0.25, -0.2) is 0 Å². The van der Waals surface area contributed by atoms with Crippen LogP contribution in [0, 0.1) is 44.8 Å².